The molecule has 2 heterocycles. The fourth-order valence-electron chi connectivity index (χ4n) is 3.65. The number of rotatable bonds is 6. The van der Waals surface area contributed by atoms with Crippen molar-refractivity contribution in [3.05, 3.63) is 52.5 Å². The number of amides is 1. The van der Waals surface area contributed by atoms with Gasteiger partial charge in [0.2, 0.25) is 0 Å². The van der Waals surface area contributed by atoms with Gasteiger partial charge in [-0.25, -0.2) is 14.4 Å². The maximum Gasteiger partial charge on any atom is 0.258 e. The first kappa shape index (κ1) is 21.5. The summed E-state index contributed by atoms with van der Waals surface area (Å²) in [5, 5.41) is 2.69. The lowest BCUT2D eigenvalue weighted by molar-refractivity contribution is 0.0944. The van der Waals surface area contributed by atoms with E-state index < -0.39 is 11.7 Å². The summed E-state index contributed by atoms with van der Waals surface area (Å²) < 4.78 is 22.9. The Kier molecular flexibility index (Phi) is 5.96. The van der Waals surface area contributed by atoms with Gasteiger partial charge in [-0.05, 0) is 46.2 Å². The van der Waals surface area contributed by atoms with Crippen LogP contribution in [0.15, 0.2) is 18.5 Å². The maximum absolute atomic E-state index is 15.1. The van der Waals surface area contributed by atoms with E-state index in [1.165, 1.54) is 0 Å². The molecule has 0 saturated carbocycles. The summed E-state index contributed by atoms with van der Waals surface area (Å²) in [5.41, 5.74) is 8.50. The van der Waals surface area contributed by atoms with E-state index in [0.717, 1.165) is 11.2 Å². The molecule has 7 nitrogen and oxygen atoms in total. The van der Waals surface area contributed by atoms with Gasteiger partial charge in [-0.3, -0.25) is 9.20 Å². The summed E-state index contributed by atoms with van der Waals surface area (Å²) in [5.74, 6) is -0.0428. The van der Waals surface area contributed by atoms with Crippen molar-refractivity contribution in [3.8, 4) is 5.75 Å². The normalized spacial score (nSPS) is 12.4. The van der Waals surface area contributed by atoms with E-state index in [2.05, 4.69) is 10.3 Å². The average Bonchev–Trinajstić information content (AvgIpc) is 3.02. The van der Waals surface area contributed by atoms with E-state index in [-0.39, 0.29) is 23.3 Å². The van der Waals surface area contributed by atoms with Gasteiger partial charge >= 0.3 is 0 Å². The number of benzene rings is 1. The Labute approximate surface area is 175 Å². The summed E-state index contributed by atoms with van der Waals surface area (Å²) in [7, 11) is 0. The van der Waals surface area contributed by atoms with Crippen molar-refractivity contribution in [2.45, 2.75) is 53.6 Å². The zero-order chi connectivity index (χ0) is 22.2. The minimum Gasteiger partial charge on any atom is -0.490 e. The van der Waals surface area contributed by atoms with Crippen LogP contribution in [0.3, 0.4) is 0 Å². The molecule has 0 fully saturated rings. The monoisotopic (exact) mass is 413 g/mol. The number of nitrogens with one attached hydrogen (secondary N) is 1. The third kappa shape index (κ3) is 3.69. The molecule has 0 radical (unpaired) electrons. The minimum absolute atomic E-state index is 0.0776. The summed E-state index contributed by atoms with van der Waals surface area (Å²) in [6, 6.07) is 1.72. The number of anilines is 1. The van der Waals surface area contributed by atoms with Gasteiger partial charge in [-0.1, -0.05) is 6.92 Å². The number of carbonyl (C=O) groups excluding carboxylic acids is 1. The van der Waals surface area contributed by atoms with Gasteiger partial charge in [-0.2, -0.15) is 0 Å². The van der Waals surface area contributed by atoms with E-state index in [1.54, 1.807) is 32.3 Å². The Morgan fingerprint density at radius 2 is 2.03 bits per heavy atom. The van der Waals surface area contributed by atoms with E-state index in [1.807, 2.05) is 32.1 Å². The Morgan fingerprint density at radius 3 is 2.67 bits per heavy atom. The second-order valence-corrected chi connectivity index (χ2v) is 7.64. The fourth-order valence-corrected chi connectivity index (χ4v) is 3.65. The summed E-state index contributed by atoms with van der Waals surface area (Å²) in [6.45, 7) is 11.3. The van der Waals surface area contributed by atoms with Gasteiger partial charge < -0.3 is 15.8 Å². The molecule has 1 amide bonds. The smallest absolute Gasteiger partial charge is 0.258 e. The number of carbonyl (C=O) groups is 1. The lowest BCUT2D eigenvalue weighted by Crippen LogP contribution is -2.26. The zero-order valence-corrected chi connectivity index (χ0v) is 18.2. The lowest BCUT2D eigenvalue weighted by atomic mass is 9.93. The van der Waals surface area contributed by atoms with Crippen molar-refractivity contribution in [3.63, 3.8) is 0 Å². The molecule has 2 aromatic heterocycles. The van der Waals surface area contributed by atoms with E-state index in [4.69, 9.17) is 15.5 Å². The van der Waals surface area contributed by atoms with Gasteiger partial charge in [0.15, 0.2) is 0 Å². The van der Waals surface area contributed by atoms with Crippen LogP contribution in [0.5, 0.6) is 5.75 Å². The van der Waals surface area contributed by atoms with Crippen molar-refractivity contribution in [2.75, 3.05) is 12.3 Å². The Morgan fingerprint density at radius 1 is 1.33 bits per heavy atom. The molecule has 0 unspecified atom stereocenters. The van der Waals surface area contributed by atoms with E-state index in [9.17, 15) is 4.79 Å². The quantitative estimate of drug-likeness (QED) is 0.642. The number of nitrogens with zero attached hydrogens (tertiary/aromatic N) is 3. The molecule has 0 bridgehead atoms. The molecule has 1 aromatic carbocycles. The number of hydrogen-bond acceptors (Lipinski definition) is 5. The van der Waals surface area contributed by atoms with Crippen LogP contribution >= 0.6 is 0 Å². The highest BCUT2D eigenvalue weighted by molar-refractivity contribution is 5.98. The molecular weight excluding hydrogens is 385 g/mol. The SMILES string of the molecule is CCNC(=O)c1c(F)c(C)cc([C@H](C)c2nc(C)c3c(N)nccn23)c1OC(C)C. The molecule has 0 aliphatic rings. The first-order chi connectivity index (χ1) is 14.2. The molecule has 3 rings (SSSR count). The number of halogens is 1. The van der Waals surface area contributed by atoms with Crippen LogP contribution in [0.1, 0.15) is 66.6 Å². The molecule has 0 saturated heterocycles. The largest absolute Gasteiger partial charge is 0.490 e. The van der Waals surface area contributed by atoms with Crippen molar-refractivity contribution in [1.29, 1.82) is 0 Å². The second kappa shape index (κ2) is 8.30. The van der Waals surface area contributed by atoms with Crippen LogP contribution in [-0.4, -0.2) is 32.9 Å². The molecule has 160 valence electrons. The van der Waals surface area contributed by atoms with Gasteiger partial charge in [-0.15, -0.1) is 0 Å². The van der Waals surface area contributed by atoms with Crippen molar-refractivity contribution >= 4 is 17.2 Å². The number of nitrogens with two attached hydrogens (primary N) is 1. The highest BCUT2D eigenvalue weighted by Crippen LogP contribution is 2.38. The van der Waals surface area contributed by atoms with Crippen molar-refractivity contribution < 1.29 is 13.9 Å². The van der Waals surface area contributed by atoms with Gasteiger partial charge in [0, 0.05) is 30.4 Å². The third-order valence-corrected chi connectivity index (χ3v) is 4.98. The summed E-state index contributed by atoms with van der Waals surface area (Å²) in [4.78, 5) is 21.6. The Bertz CT molecular complexity index is 1110. The molecule has 3 aromatic rings. The number of nitrogen functional groups attached to an aromatic ring is 1. The van der Waals surface area contributed by atoms with Gasteiger partial charge in [0.25, 0.3) is 5.91 Å². The topological polar surface area (TPSA) is 94.5 Å². The number of fused-ring (bicyclic) bond motifs is 1. The van der Waals surface area contributed by atoms with Crippen LogP contribution < -0.4 is 15.8 Å². The van der Waals surface area contributed by atoms with Crippen LogP contribution in [0, 0.1) is 19.7 Å². The number of imidazole rings is 1. The predicted molar refractivity (Wildman–Crippen MR) is 115 cm³/mol. The van der Waals surface area contributed by atoms with Crippen molar-refractivity contribution in [2.24, 2.45) is 0 Å². The number of aromatic nitrogens is 3. The highest BCUT2D eigenvalue weighted by Gasteiger charge is 2.29. The minimum atomic E-state index is -0.579. The molecule has 0 spiro atoms. The summed E-state index contributed by atoms with van der Waals surface area (Å²) in [6.07, 6.45) is 3.16. The van der Waals surface area contributed by atoms with E-state index >= 15 is 4.39 Å². The van der Waals surface area contributed by atoms with Crippen LogP contribution in [0.4, 0.5) is 10.2 Å². The van der Waals surface area contributed by atoms with E-state index in [0.29, 0.717) is 29.3 Å². The standard InChI is InChI=1S/C22H28FN5O2/c1-7-25-22(29)16-17(23)12(4)10-15(19(16)30-11(2)3)13(5)21-27-14(6)18-20(24)26-8-9-28(18)21/h8-11,13H,7H2,1-6H3,(H2,24,26)(H,25,29)/t13-/m0/s1. The van der Waals surface area contributed by atoms with Crippen LogP contribution in [0.2, 0.25) is 0 Å². The second-order valence-electron chi connectivity index (χ2n) is 7.64. The Balaban J connectivity index is 2.27. The van der Waals surface area contributed by atoms with Crippen LogP contribution in [0.25, 0.3) is 5.52 Å². The molecule has 3 N–H and O–H groups in total. The molecule has 8 heteroatoms. The fraction of sp³-hybridized carbons (Fsp3) is 0.409. The third-order valence-electron chi connectivity index (χ3n) is 4.98. The van der Waals surface area contributed by atoms with Crippen molar-refractivity contribution in [1.82, 2.24) is 19.7 Å². The first-order valence-electron chi connectivity index (χ1n) is 10.0. The number of ether oxygens (including phenoxy) is 1. The number of aryl methyl sites for hydroxylation is 2. The molecule has 0 aliphatic carbocycles. The molecule has 30 heavy (non-hydrogen) atoms. The maximum atomic E-state index is 15.1. The molecule has 1 atom stereocenters. The Hall–Kier alpha value is -3.16. The van der Waals surface area contributed by atoms with Crippen LogP contribution in [-0.2, 0) is 0 Å². The molecular formula is C22H28FN5O2. The average molecular weight is 413 g/mol. The van der Waals surface area contributed by atoms with Gasteiger partial charge in [0.05, 0.1) is 11.8 Å². The van der Waals surface area contributed by atoms with Gasteiger partial charge in [0.1, 0.15) is 34.3 Å². The number of hydrogen-bond donors (Lipinski definition) is 2. The zero-order valence-electron chi connectivity index (χ0n) is 18.2. The molecule has 0 aliphatic heterocycles. The lowest BCUT2D eigenvalue weighted by Gasteiger charge is -2.23. The highest BCUT2D eigenvalue weighted by atomic mass is 19.1. The summed E-state index contributed by atoms with van der Waals surface area (Å²) >= 11 is 0. The predicted octanol–water partition coefficient (Wildman–Crippen LogP) is 3.76. The first-order valence-corrected chi connectivity index (χ1v) is 10.0.